The second kappa shape index (κ2) is 6.47. The Morgan fingerprint density at radius 3 is 2.83 bits per heavy atom. The van der Waals surface area contributed by atoms with Crippen molar-refractivity contribution >= 4 is 17.8 Å². The molecule has 2 aliphatic heterocycles. The number of hydrogen-bond donors (Lipinski definition) is 3. The first-order valence-electron chi connectivity index (χ1n) is 8.67. The summed E-state index contributed by atoms with van der Waals surface area (Å²) in [6.45, 7) is 3.54. The fraction of sp³-hybridized carbons (Fsp3) is 0.812. The van der Waals surface area contributed by atoms with Crippen LogP contribution in [-0.2, 0) is 9.59 Å². The molecule has 3 N–H and O–H groups in total. The molecule has 0 aromatic rings. The number of amides is 4. The van der Waals surface area contributed by atoms with E-state index in [4.69, 9.17) is 0 Å². The van der Waals surface area contributed by atoms with Gasteiger partial charge in [0.05, 0.1) is 0 Å². The maximum atomic E-state index is 12.8. The molecular weight excluding hydrogens is 296 g/mol. The number of nitrogens with one attached hydrogen (secondary N) is 3. The van der Waals surface area contributed by atoms with Crippen molar-refractivity contribution in [1.29, 1.82) is 0 Å². The third-order valence-electron chi connectivity index (χ3n) is 5.47. The summed E-state index contributed by atoms with van der Waals surface area (Å²) in [6.07, 6.45) is 5.57. The van der Waals surface area contributed by atoms with Gasteiger partial charge in [-0.3, -0.25) is 14.5 Å². The van der Waals surface area contributed by atoms with Crippen LogP contribution in [0.5, 0.6) is 0 Å². The first-order chi connectivity index (χ1) is 11.0. The molecule has 2 saturated heterocycles. The molecule has 7 nitrogen and oxygen atoms in total. The predicted octanol–water partition coefficient (Wildman–Crippen LogP) is 0.355. The Balaban J connectivity index is 1.62. The molecule has 128 valence electrons. The lowest BCUT2D eigenvalue weighted by molar-refractivity contribution is -0.137. The maximum Gasteiger partial charge on any atom is 0.325 e. The number of piperidine rings is 1. The van der Waals surface area contributed by atoms with Gasteiger partial charge in [0.2, 0.25) is 5.91 Å². The van der Waals surface area contributed by atoms with E-state index in [9.17, 15) is 14.4 Å². The number of rotatable bonds is 3. The van der Waals surface area contributed by atoms with Gasteiger partial charge < -0.3 is 16.0 Å². The van der Waals surface area contributed by atoms with E-state index in [0.29, 0.717) is 6.42 Å². The molecular formula is C16H26N4O3. The highest BCUT2D eigenvalue weighted by Gasteiger charge is 2.55. The van der Waals surface area contributed by atoms with Gasteiger partial charge in [0, 0.05) is 12.6 Å². The predicted molar refractivity (Wildman–Crippen MR) is 84.6 cm³/mol. The average molecular weight is 322 g/mol. The Morgan fingerprint density at radius 1 is 1.30 bits per heavy atom. The van der Waals surface area contributed by atoms with Crippen LogP contribution in [0.15, 0.2) is 0 Å². The Kier molecular flexibility index (Phi) is 4.57. The quantitative estimate of drug-likeness (QED) is 0.654. The molecule has 1 aliphatic carbocycles. The van der Waals surface area contributed by atoms with E-state index in [1.807, 2.05) is 6.92 Å². The number of nitrogens with zero attached hydrogens (tertiary/aromatic N) is 1. The topological polar surface area (TPSA) is 90.5 Å². The minimum Gasteiger partial charge on any atom is -0.351 e. The fourth-order valence-corrected chi connectivity index (χ4v) is 4.03. The molecule has 1 saturated carbocycles. The normalized spacial score (nSPS) is 34.6. The molecule has 1 spiro atoms. The molecule has 23 heavy (non-hydrogen) atoms. The van der Waals surface area contributed by atoms with Crippen LogP contribution in [0, 0.1) is 5.92 Å². The lowest BCUT2D eigenvalue weighted by atomic mass is 9.73. The second-order valence-corrected chi connectivity index (χ2v) is 7.05. The maximum absolute atomic E-state index is 12.8. The van der Waals surface area contributed by atoms with E-state index >= 15 is 0 Å². The zero-order valence-electron chi connectivity index (χ0n) is 13.7. The largest absolute Gasteiger partial charge is 0.351 e. The van der Waals surface area contributed by atoms with Crippen molar-refractivity contribution in [2.75, 3.05) is 19.6 Å². The molecule has 3 aliphatic rings. The van der Waals surface area contributed by atoms with Crippen molar-refractivity contribution in [2.45, 2.75) is 57.0 Å². The van der Waals surface area contributed by atoms with Crippen LogP contribution in [0.2, 0.25) is 0 Å². The number of imide groups is 1. The Morgan fingerprint density at radius 2 is 2.13 bits per heavy atom. The molecule has 3 atom stereocenters. The third kappa shape index (κ3) is 3.06. The smallest absolute Gasteiger partial charge is 0.325 e. The van der Waals surface area contributed by atoms with Gasteiger partial charge in [-0.05, 0) is 38.1 Å². The van der Waals surface area contributed by atoms with E-state index in [-0.39, 0.29) is 30.3 Å². The summed E-state index contributed by atoms with van der Waals surface area (Å²) in [5.41, 5.74) is -0.790. The summed E-state index contributed by atoms with van der Waals surface area (Å²) in [5, 5.41) is 9.02. The monoisotopic (exact) mass is 322 g/mol. The standard InChI is InChI=1S/C16H26N4O3/c1-11-5-2-3-7-16(11)14(22)20(15(23)19-16)10-13(21)18-12-6-4-8-17-9-12/h11-12,17H,2-10H2,1H3,(H,18,21)(H,19,23)/t11?,12-,16?/m0/s1. The summed E-state index contributed by atoms with van der Waals surface area (Å²) in [6, 6.07) is -0.347. The van der Waals surface area contributed by atoms with Gasteiger partial charge >= 0.3 is 6.03 Å². The van der Waals surface area contributed by atoms with Gasteiger partial charge in [-0.1, -0.05) is 19.8 Å². The highest BCUT2D eigenvalue weighted by atomic mass is 16.2. The van der Waals surface area contributed by atoms with Crippen molar-refractivity contribution in [3.63, 3.8) is 0 Å². The van der Waals surface area contributed by atoms with E-state index in [0.717, 1.165) is 50.1 Å². The summed E-state index contributed by atoms with van der Waals surface area (Å²) < 4.78 is 0. The van der Waals surface area contributed by atoms with Crippen LogP contribution in [0.1, 0.15) is 45.4 Å². The van der Waals surface area contributed by atoms with E-state index in [2.05, 4.69) is 16.0 Å². The minimum atomic E-state index is -0.790. The van der Waals surface area contributed by atoms with E-state index < -0.39 is 11.6 Å². The molecule has 2 unspecified atom stereocenters. The van der Waals surface area contributed by atoms with Gasteiger partial charge in [-0.25, -0.2) is 4.79 Å². The molecule has 3 rings (SSSR count). The van der Waals surface area contributed by atoms with Crippen LogP contribution in [0.3, 0.4) is 0 Å². The summed E-state index contributed by atoms with van der Waals surface area (Å²) in [5.74, 6) is -0.377. The molecule has 4 amide bonds. The van der Waals surface area contributed by atoms with Crippen molar-refractivity contribution in [3.05, 3.63) is 0 Å². The first kappa shape index (κ1) is 16.2. The number of carbonyl (C=O) groups excluding carboxylic acids is 3. The Bertz CT molecular complexity index is 504. The van der Waals surface area contributed by atoms with Gasteiger partial charge in [0.1, 0.15) is 12.1 Å². The number of urea groups is 1. The van der Waals surface area contributed by atoms with Crippen molar-refractivity contribution < 1.29 is 14.4 Å². The van der Waals surface area contributed by atoms with Gasteiger partial charge in [-0.2, -0.15) is 0 Å². The minimum absolute atomic E-state index is 0.0829. The molecule has 2 heterocycles. The van der Waals surface area contributed by atoms with Crippen LogP contribution in [0.25, 0.3) is 0 Å². The Hall–Kier alpha value is -1.63. The van der Waals surface area contributed by atoms with Crippen LogP contribution < -0.4 is 16.0 Å². The van der Waals surface area contributed by atoms with Gasteiger partial charge in [0.25, 0.3) is 5.91 Å². The van der Waals surface area contributed by atoms with Crippen molar-refractivity contribution in [3.8, 4) is 0 Å². The lowest BCUT2D eigenvalue weighted by Crippen LogP contribution is -2.54. The number of hydrogen-bond acceptors (Lipinski definition) is 4. The summed E-state index contributed by atoms with van der Waals surface area (Å²) in [7, 11) is 0. The molecule has 7 heteroatoms. The summed E-state index contributed by atoms with van der Waals surface area (Å²) in [4.78, 5) is 38.3. The SMILES string of the molecule is CC1CCCCC12NC(=O)N(CC(=O)N[C@H]1CCCNC1)C2=O. The van der Waals surface area contributed by atoms with Crippen LogP contribution in [0.4, 0.5) is 4.79 Å². The third-order valence-corrected chi connectivity index (χ3v) is 5.47. The fourth-order valence-electron chi connectivity index (χ4n) is 4.03. The number of carbonyl (C=O) groups is 3. The van der Waals surface area contributed by atoms with Gasteiger partial charge in [0.15, 0.2) is 0 Å². The lowest BCUT2D eigenvalue weighted by Gasteiger charge is -2.36. The molecule has 0 aromatic heterocycles. The van der Waals surface area contributed by atoms with Crippen LogP contribution >= 0.6 is 0 Å². The zero-order chi connectivity index (χ0) is 16.4. The highest BCUT2D eigenvalue weighted by Crippen LogP contribution is 2.38. The van der Waals surface area contributed by atoms with Gasteiger partial charge in [-0.15, -0.1) is 0 Å². The molecule has 0 bridgehead atoms. The van der Waals surface area contributed by atoms with E-state index in [1.165, 1.54) is 0 Å². The van der Waals surface area contributed by atoms with Crippen LogP contribution in [-0.4, -0.2) is 54.0 Å². The first-order valence-corrected chi connectivity index (χ1v) is 8.67. The average Bonchev–Trinajstić information content (AvgIpc) is 2.76. The van der Waals surface area contributed by atoms with Crippen molar-refractivity contribution in [1.82, 2.24) is 20.9 Å². The van der Waals surface area contributed by atoms with Crippen molar-refractivity contribution in [2.24, 2.45) is 5.92 Å². The summed E-state index contributed by atoms with van der Waals surface area (Å²) >= 11 is 0. The Labute approximate surface area is 136 Å². The highest BCUT2D eigenvalue weighted by molar-refractivity contribution is 6.09. The zero-order valence-corrected chi connectivity index (χ0v) is 13.7. The molecule has 0 radical (unpaired) electrons. The second-order valence-electron chi connectivity index (χ2n) is 7.05. The molecule has 0 aromatic carbocycles. The van der Waals surface area contributed by atoms with E-state index in [1.54, 1.807) is 0 Å². The molecule has 3 fully saturated rings.